The summed E-state index contributed by atoms with van der Waals surface area (Å²) in [6.45, 7) is 0.671. The van der Waals surface area contributed by atoms with Gasteiger partial charge in [-0.25, -0.2) is 0 Å². The number of benzene rings is 1. The zero-order chi connectivity index (χ0) is 11.6. The van der Waals surface area contributed by atoms with Gasteiger partial charge in [0.05, 0.1) is 13.2 Å². The van der Waals surface area contributed by atoms with E-state index in [4.69, 9.17) is 4.74 Å². The fourth-order valence-corrected chi connectivity index (χ4v) is 2.03. The Bertz CT molecular complexity index is 362. The molecule has 1 aliphatic rings. The lowest BCUT2D eigenvalue weighted by Gasteiger charge is -2.24. The minimum absolute atomic E-state index is 0.0197. The largest absolute Gasteiger partial charge is 0.497 e. The highest BCUT2D eigenvalue weighted by molar-refractivity contribution is 5.32. The lowest BCUT2D eigenvalue weighted by atomic mass is 9.99. The Balaban J connectivity index is 2.26. The predicted octanol–water partition coefficient (Wildman–Crippen LogP) is 2.54. The van der Waals surface area contributed by atoms with Crippen molar-refractivity contribution >= 4 is 0 Å². The molecule has 1 saturated heterocycles. The number of rotatable bonds is 3. The quantitative estimate of drug-likeness (QED) is 0.856. The normalized spacial score (nSPS) is 21.1. The third kappa shape index (κ3) is 2.02. The van der Waals surface area contributed by atoms with Gasteiger partial charge in [0.1, 0.15) is 5.75 Å². The number of nitrogens with one attached hydrogen (secondary N) is 1. The smallest absolute Gasteiger partial charge is 0.288 e. The van der Waals surface area contributed by atoms with E-state index in [2.05, 4.69) is 5.32 Å². The Morgan fingerprint density at radius 3 is 2.88 bits per heavy atom. The van der Waals surface area contributed by atoms with E-state index < -0.39 is 12.0 Å². The van der Waals surface area contributed by atoms with E-state index in [1.54, 1.807) is 12.1 Å². The standard InChI is InChI=1S/C12H15F2NO/c1-16-10-5-2-4-9(8-10)12(13,14)11-6-3-7-15-11/h2,4-5,8,11,15H,3,6-7H2,1H3. The highest BCUT2D eigenvalue weighted by atomic mass is 19.3. The molecule has 0 aliphatic carbocycles. The maximum absolute atomic E-state index is 14.1. The molecule has 1 atom stereocenters. The summed E-state index contributed by atoms with van der Waals surface area (Å²) < 4.78 is 33.1. The minimum Gasteiger partial charge on any atom is -0.497 e. The molecule has 1 aromatic rings. The van der Waals surface area contributed by atoms with Crippen molar-refractivity contribution < 1.29 is 13.5 Å². The number of hydrogen-bond acceptors (Lipinski definition) is 2. The van der Waals surface area contributed by atoms with Crippen molar-refractivity contribution in [2.24, 2.45) is 0 Å². The molecule has 4 heteroatoms. The van der Waals surface area contributed by atoms with Gasteiger partial charge in [-0.2, -0.15) is 8.78 Å². The summed E-state index contributed by atoms with van der Waals surface area (Å²) >= 11 is 0. The Hall–Kier alpha value is -1.16. The Kier molecular flexibility index (Phi) is 3.10. The highest BCUT2D eigenvalue weighted by Crippen LogP contribution is 2.36. The first kappa shape index (κ1) is 11.3. The van der Waals surface area contributed by atoms with Crippen LogP contribution in [0.4, 0.5) is 8.78 Å². The lowest BCUT2D eigenvalue weighted by Crippen LogP contribution is -2.38. The van der Waals surface area contributed by atoms with Gasteiger partial charge < -0.3 is 10.1 Å². The second kappa shape index (κ2) is 4.37. The van der Waals surface area contributed by atoms with Crippen LogP contribution in [-0.4, -0.2) is 19.7 Å². The summed E-state index contributed by atoms with van der Waals surface area (Å²) in [5.41, 5.74) is 0.0197. The summed E-state index contributed by atoms with van der Waals surface area (Å²) in [5.74, 6) is -2.36. The molecule has 1 fully saturated rings. The van der Waals surface area contributed by atoms with Crippen LogP contribution in [0.5, 0.6) is 5.75 Å². The van der Waals surface area contributed by atoms with Gasteiger partial charge in [-0.15, -0.1) is 0 Å². The van der Waals surface area contributed by atoms with Crippen molar-refractivity contribution in [3.8, 4) is 5.75 Å². The van der Waals surface area contributed by atoms with Gasteiger partial charge in [-0.1, -0.05) is 12.1 Å². The number of ether oxygens (including phenoxy) is 1. The van der Waals surface area contributed by atoms with Gasteiger partial charge in [0, 0.05) is 5.56 Å². The molecule has 0 bridgehead atoms. The van der Waals surface area contributed by atoms with E-state index in [0.29, 0.717) is 18.7 Å². The second-order valence-corrected chi connectivity index (χ2v) is 4.00. The Labute approximate surface area is 93.6 Å². The number of alkyl halides is 2. The molecule has 0 spiro atoms. The van der Waals surface area contributed by atoms with Crippen LogP contribution >= 0.6 is 0 Å². The lowest BCUT2D eigenvalue weighted by molar-refractivity contribution is -0.0378. The zero-order valence-electron chi connectivity index (χ0n) is 9.17. The van der Waals surface area contributed by atoms with Gasteiger partial charge in [-0.05, 0) is 31.5 Å². The highest BCUT2D eigenvalue weighted by Gasteiger charge is 2.42. The Morgan fingerprint density at radius 2 is 2.25 bits per heavy atom. The van der Waals surface area contributed by atoms with Crippen LogP contribution in [0.2, 0.25) is 0 Å². The van der Waals surface area contributed by atoms with Gasteiger partial charge in [0.25, 0.3) is 5.92 Å². The fraction of sp³-hybridized carbons (Fsp3) is 0.500. The van der Waals surface area contributed by atoms with Gasteiger partial charge in [0.15, 0.2) is 0 Å². The van der Waals surface area contributed by atoms with Crippen LogP contribution in [0.25, 0.3) is 0 Å². The van der Waals surface area contributed by atoms with Gasteiger partial charge in [-0.3, -0.25) is 0 Å². The summed E-state index contributed by atoms with van der Waals surface area (Å²) in [6.07, 6.45) is 1.33. The third-order valence-electron chi connectivity index (χ3n) is 2.95. The molecule has 1 aromatic carbocycles. The SMILES string of the molecule is COc1cccc(C(F)(F)C2CCCN2)c1. The van der Waals surface area contributed by atoms with E-state index in [9.17, 15) is 8.78 Å². The maximum Gasteiger partial charge on any atom is 0.288 e. The first-order valence-electron chi connectivity index (χ1n) is 5.40. The molecule has 88 valence electrons. The molecule has 16 heavy (non-hydrogen) atoms. The molecule has 0 aromatic heterocycles. The van der Waals surface area contributed by atoms with Crippen molar-refractivity contribution in [2.75, 3.05) is 13.7 Å². The number of methoxy groups -OCH3 is 1. The van der Waals surface area contributed by atoms with Crippen molar-refractivity contribution in [3.63, 3.8) is 0 Å². The van der Waals surface area contributed by atoms with E-state index in [1.165, 1.54) is 19.2 Å². The molecule has 0 saturated carbocycles. The number of halogens is 2. The maximum atomic E-state index is 14.1. The van der Waals surface area contributed by atoms with Crippen LogP contribution < -0.4 is 10.1 Å². The molecule has 0 amide bonds. The van der Waals surface area contributed by atoms with Crippen molar-refractivity contribution in [3.05, 3.63) is 29.8 Å². The second-order valence-electron chi connectivity index (χ2n) is 4.00. The summed E-state index contributed by atoms with van der Waals surface area (Å²) in [4.78, 5) is 0. The molecule has 2 rings (SSSR count). The van der Waals surface area contributed by atoms with E-state index in [-0.39, 0.29) is 5.56 Å². The van der Waals surface area contributed by atoms with Gasteiger partial charge >= 0.3 is 0 Å². The summed E-state index contributed by atoms with van der Waals surface area (Å²) in [5, 5.41) is 2.84. The average Bonchev–Trinajstić information content (AvgIpc) is 2.83. The van der Waals surface area contributed by atoms with Crippen LogP contribution in [0.3, 0.4) is 0 Å². The topological polar surface area (TPSA) is 21.3 Å². The Morgan fingerprint density at radius 1 is 1.44 bits per heavy atom. The molecule has 1 unspecified atom stereocenters. The molecule has 1 aliphatic heterocycles. The van der Waals surface area contributed by atoms with Crippen LogP contribution in [0, 0.1) is 0 Å². The first-order valence-corrected chi connectivity index (χ1v) is 5.40. The zero-order valence-corrected chi connectivity index (χ0v) is 9.17. The van der Waals surface area contributed by atoms with Crippen LogP contribution in [-0.2, 0) is 5.92 Å². The van der Waals surface area contributed by atoms with Crippen molar-refractivity contribution in [2.45, 2.75) is 24.8 Å². The van der Waals surface area contributed by atoms with Crippen molar-refractivity contribution in [1.82, 2.24) is 5.32 Å². The molecular formula is C12H15F2NO. The van der Waals surface area contributed by atoms with Crippen LogP contribution in [0.1, 0.15) is 18.4 Å². The van der Waals surface area contributed by atoms with E-state index >= 15 is 0 Å². The molecule has 0 radical (unpaired) electrons. The van der Waals surface area contributed by atoms with Crippen LogP contribution in [0.15, 0.2) is 24.3 Å². The summed E-state index contributed by atoms with van der Waals surface area (Å²) in [6, 6.07) is 5.36. The fourth-order valence-electron chi connectivity index (χ4n) is 2.03. The summed E-state index contributed by atoms with van der Waals surface area (Å²) in [7, 11) is 1.48. The first-order chi connectivity index (χ1) is 7.64. The van der Waals surface area contributed by atoms with Gasteiger partial charge in [0.2, 0.25) is 0 Å². The minimum atomic E-state index is -2.83. The predicted molar refractivity (Wildman–Crippen MR) is 57.9 cm³/mol. The molecule has 1 N–H and O–H groups in total. The number of hydrogen-bond donors (Lipinski definition) is 1. The van der Waals surface area contributed by atoms with E-state index in [1.807, 2.05) is 0 Å². The monoisotopic (exact) mass is 227 g/mol. The molecule has 1 heterocycles. The molecule has 2 nitrogen and oxygen atoms in total. The molecular weight excluding hydrogens is 212 g/mol. The van der Waals surface area contributed by atoms with Crippen molar-refractivity contribution in [1.29, 1.82) is 0 Å². The third-order valence-corrected chi connectivity index (χ3v) is 2.95. The average molecular weight is 227 g/mol. The van der Waals surface area contributed by atoms with E-state index in [0.717, 1.165) is 6.42 Å².